The van der Waals surface area contributed by atoms with E-state index in [1.807, 2.05) is 12.1 Å². The van der Waals surface area contributed by atoms with Gasteiger partial charge in [0, 0.05) is 11.6 Å². The molecular formula is C19H26ClN3O4. The molecule has 0 radical (unpaired) electrons. The number of ether oxygens (including phenoxy) is 1. The molecule has 0 aromatic heterocycles. The second-order valence-electron chi connectivity index (χ2n) is 6.72. The van der Waals surface area contributed by atoms with E-state index in [0.717, 1.165) is 5.56 Å². The van der Waals surface area contributed by atoms with Crippen LogP contribution in [-0.4, -0.2) is 67.3 Å². The summed E-state index contributed by atoms with van der Waals surface area (Å²) in [5.74, 6) is -0.317. The number of aliphatic hydroxyl groups excluding tert-OH is 1. The predicted octanol–water partition coefficient (Wildman–Crippen LogP) is 0.709. The highest BCUT2D eigenvalue weighted by atomic mass is 35.5. The second kappa shape index (κ2) is 10.4. The molecule has 1 heterocycles. The fraction of sp³-hybridized carbons (Fsp3) is 0.474. The molecule has 2 amide bonds. The van der Waals surface area contributed by atoms with Crippen LogP contribution in [0.3, 0.4) is 0 Å². The first-order valence-electron chi connectivity index (χ1n) is 8.77. The van der Waals surface area contributed by atoms with Crippen LogP contribution in [0.25, 0.3) is 0 Å². The summed E-state index contributed by atoms with van der Waals surface area (Å²) < 4.78 is 5.75. The van der Waals surface area contributed by atoms with Gasteiger partial charge in [0.2, 0.25) is 11.8 Å². The molecule has 0 unspecified atom stereocenters. The number of nitrogens with zero attached hydrogens (tertiary/aromatic N) is 1. The number of nitrogens with one attached hydrogen (secondary N) is 2. The summed E-state index contributed by atoms with van der Waals surface area (Å²) in [5, 5.41) is 15.8. The second-order valence-corrected chi connectivity index (χ2v) is 7.16. The summed E-state index contributed by atoms with van der Waals surface area (Å²) >= 11 is 5.84. The van der Waals surface area contributed by atoms with E-state index in [4.69, 9.17) is 16.3 Å². The van der Waals surface area contributed by atoms with Gasteiger partial charge in [0.15, 0.2) is 0 Å². The van der Waals surface area contributed by atoms with Crippen molar-refractivity contribution in [2.24, 2.45) is 0 Å². The number of benzene rings is 1. The number of rotatable bonds is 8. The van der Waals surface area contributed by atoms with Gasteiger partial charge in [0.05, 0.1) is 31.7 Å². The van der Waals surface area contributed by atoms with Crippen LogP contribution >= 0.6 is 11.6 Å². The quantitative estimate of drug-likeness (QED) is 0.564. The summed E-state index contributed by atoms with van der Waals surface area (Å²) in [5.41, 5.74) is 0.949. The minimum atomic E-state index is -0.588. The minimum Gasteiger partial charge on any atom is -0.394 e. The van der Waals surface area contributed by atoms with E-state index in [0.29, 0.717) is 11.6 Å². The molecule has 3 N–H and O–H groups in total. The number of amides is 2. The van der Waals surface area contributed by atoms with Gasteiger partial charge in [0.1, 0.15) is 6.10 Å². The molecule has 3 atom stereocenters. The van der Waals surface area contributed by atoms with Crippen LogP contribution in [0.2, 0.25) is 5.02 Å². The number of carbonyl (C=O) groups excluding carboxylic acids is 2. The van der Waals surface area contributed by atoms with Gasteiger partial charge < -0.3 is 25.4 Å². The first-order valence-corrected chi connectivity index (χ1v) is 9.15. The van der Waals surface area contributed by atoms with E-state index >= 15 is 0 Å². The summed E-state index contributed by atoms with van der Waals surface area (Å²) in [4.78, 5) is 25.8. The molecule has 27 heavy (non-hydrogen) atoms. The zero-order valence-electron chi connectivity index (χ0n) is 15.5. The van der Waals surface area contributed by atoms with Crippen LogP contribution in [0, 0.1) is 0 Å². The van der Waals surface area contributed by atoms with Crippen LogP contribution in [0.4, 0.5) is 0 Å². The third-order valence-electron chi connectivity index (χ3n) is 4.04. The van der Waals surface area contributed by atoms with Crippen molar-refractivity contribution >= 4 is 23.4 Å². The molecule has 7 nitrogen and oxygen atoms in total. The highest BCUT2D eigenvalue weighted by molar-refractivity contribution is 6.30. The molecule has 1 aliphatic heterocycles. The maximum atomic E-state index is 12.1. The third-order valence-corrected chi connectivity index (χ3v) is 4.29. The molecule has 0 aliphatic carbocycles. The van der Waals surface area contributed by atoms with Crippen molar-refractivity contribution in [3.63, 3.8) is 0 Å². The lowest BCUT2D eigenvalue weighted by Crippen LogP contribution is -2.50. The average Bonchev–Trinajstić information content (AvgIpc) is 2.61. The molecule has 148 valence electrons. The molecule has 0 saturated heterocycles. The first kappa shape index (κ1) is 21.4. The molecule has 0 spiro atoms. The number of carbonyl (C=O) groups is 2. The van der Waals surface area contributed by atoms with Gasteiger partial charge in [-0.1, -0.05) is 35.9 Å². The lowest BCUT2D eigenvalue weighted by Gasteiger charge is -2.32. The van der Waals surface area contributed by atoms with Crippen molar-refractivity contribution in [2.45, 2.75) is 31.2 Å². The van der Waals surface area contributed by atoms with Gasteiger partial charge in [0.25, 0.3) is 0 Å². The zero-order valence-corrected chi connectivity index (χ0v) is 16.3. The van der Waals surface area contributed by atoms with Gasteiger partial charge in [-0.15, -0.1) is 0 Å². The monoisotopic (exact) mass is 395 g/mol. The average molecular weight is 396 g/mol. The highest BCUT2D eigenvalue weighted by Crippen LogP contribution is 2.16. The molecule has 1 aliphatic rings. The summed E-state index contributed by atoms with van der Waals surface area (Å²) in [6.45, 7) is 0.401. The molecule has 0 fully saturated rings. The molecular weight excluding hydrogens is 370 g/mol. The van der Waals surface area contributed by atoms with Crippen LogP contribution in [-0.2, 0) is 20.9 Å². The maximum absolute atomic E-state index is 12.1. The topological polar surface area (TPSA) is 90.9 Å². The molecule has 1 aromatic carbocycles. The maximum Gasteiger partial charge on any atom is 0.234 e. The fourth-order valence-electron chi connectivity index (χ4n) is 2.71. The van der Waals surface area contributed by atoms with Crippen molar-refractivity contribution in [1.82, 2.24) is 15.5 Å². The Morgan fingerprint density at radius 1 is 1.19 bits per heavy atom. The van der Waals surface area contributed by atoms with Gasteiger partial charge in [-0.25, -0.2) is 0 Å². The number of hydrogen-bond donors (Lipinski definition) is 3. The van der Waals surface area contributed by atoms with E-state index in [1.165, 1.54) is 0 Å². The summed E-state index contributed by atoms with van der Waals surface area (Å²) in [6.07, 6.45) is 2.62. The lowest BCUT2D eigenvalue weighted by molar-refractivity contribution is -0.128. The Hall–Kier alpha value is -1.93. The number of hydrogen-bond acceptors (Lipinski definition) is 5. The standard InChI is InChI=1S/C19H26ClN3O4/c1-23(2)11-19(26)22-16-8-7-15(27-17(16)12-24)9-18(25)21-10-13-3-5-14(20)6-4-13/h3-8,15-17,24H,9-12H2,1-2H3,(H,21,25)(H,22,26)/t15-,16-,17+/m1/s1. The fourth-order valence-corrected chi connectivity index (χ4v) is 2.84. The molecule has 2 rings (SSSR count). The van der Waals surface area contributed by atoms with Crippen molar-refractivity contribution in [1.29, 1.82) is 0 Å². The van der Waals surface area contributed by atoms with Crippen LogP contribution < -0.4 is 10.6 Å². The summed E-state index contributed by atoms with van der Waals surface area (Å²) in [7, 11) is 3.60. The SMILES string of the molecule is CN(C)CC(=O)N[C@@H]1C=C[C@H](CC(=O)NCc2ccc(Cl)cc2)O[C@H]1CO. The largest absolute Gasteiger partial charge is 0.394 e. The summed E-state index contributed by atoms with van der Waals surface area (Å²) in [6, 6.07) is 6.82. The normalized spacial score (nSPS) is 21.9. The Kier molecular flexibility index (Phi) is 8.24. The van der Waals surface area contributed by atoms with E-state index in [2.05, 4.69) is 10.6 Å². The Morgan fingerprint density at radius 3 is 2.52 bits per heavy atom. The van der Waals surface area contributed by atoms with Crippen molar-refractivity contribution in [3.8, 4) is 0 Å². The van der Waals surface area contributed by atoms with E-state index in [9.17, 15) is 14.7 Å². The first-order chi connectivity index (χ1) is 12.9. The van der Waals surface area contributed by atoms with Crippen LogP contribution in [0.1, 0.15) is 12.0 Å². The number of aliphatic hydroxyl groups is 1. The van der Waals surface area contributed by atoms with Crippen LogP contribution in [0.5, 0.6) is 0 Å². The third kappa shape index (κ3) is 7.30. The number of halogens is 1. The van der Waals surface area contributed by atoms with Gasteiger partial charge in [-0.05, 0) is 31.8 Å². The molecule has 0 saturated carbocycles. The van der Waals surface area contributed by atoms with E-state index in [-0.39, 0.29) is 31.4 Å². The van der Waals surface area contributed by atoms with Gasteiger partial charge >= 0.3 is 0 Å². The van der Waals surface area contributed by atoms with Crippen molar-refractivity contribution in [2.75, 3.05) is 27.2 Å². The van der Waals surface area contributed by atoms with Crippen molar-refractivity contribution in [3.05, 3.63) is 47.0 Å². The predicted molar refractivity (Wildman–Crippen MR) is 103 cm³/mol. The van der Waals surface area contributed by atoms with Gasteiger partial charge in [-0.3, -0.25) is 9.59 Å². The lowest BCUT2D eigenvalue weighted by atomic mass is 10.0. The molecule has 0 bridgehead atoms. The Labute approximate surface area is 164 Å². The minimum absolute atomic E-state index is 0.138. The molecule has 1 aromatic rings. The Morgan fingerprint density at radius 2 is 1.89 bits per heavy atom. The smallest absolute Gasteiger partial charge is 0.234 e. The molecule has 8 heteroatoms. The van der Waals surface area contributed by atoms with Gasteiger partial charge in [-0.2, -0.15) is 0 Å². The van der Waals surface area contributed by atoms with Crippen LogP contribution in [0.15, 0.2) is 36.4 Å². The van der Waals surface area contributed by atoms with E-state index < -0.39 is 18.2 Å². The number of likely N-dealkylation sites (N-methyl/N-ethyl adjacent to an activating group) is 1. The highest BCUT2D eigenvalue weighted by Gasteiger charge is 2.29. The Bertz CT molecular complexity index is 663. The van der Waals surface area contributed by atoms with Crippen molar-refractivity contribution < 1.29 is 19.4 Å². The Balaban J connectivity index is 1.83. The zero-order chi connectivity index (χ0) is 19.8. The van der Waals surface area contributed by atoms with E-state index in [1.54, 1.807) is 43.3 Å².